The molecule has 3 aromatic rings. The average molecular weight is 365 g/mol. The summed E-state index contributed by atoms with van der Waals surface area (Å²) < 4.78 is 13.3. The summed E-state index contributed by atoms with van der Waals surface area (Å²) in [6.07, 6.45) is 2.51. The Morgan fingerprint density at radius 3 is 2.89 bits per heavy atom. The Bertz CT molecular complexity index is 953. The zero-order valence-corrected chi connectivity index (χ0v) is 15.8. The standard InChI is InChI=1S/C20H23N5O2/c1-13-22-16-12-27-19-7-5-4-6-14(19)10-15(16)20(23-13)24-17(11-26-3)18-8-9-21-25(18)2/h4-9,17H,10-12H2,1-3H3,(H,22,23,24). The third kappa shape index (κ3) is 3.50. The fourth-order valence-electron chi connectivity index (χ4n) is 3.46. The summed E-state index contributed by atoms with van der Waals surface area (Å²) in [5.74, 6) is 2.44. The van der Waals surface area contributed by atoms with Gasteiger partial charge in [-0.15, -0.1) is 0 Å². The maximum Gasteiger partial charge on any atom is 0.134 e. The molecule has 0 radical (unpaired) electrons. The van der Waals surface area contributed by atoms with Gasteiger partial charge in [0.25, 0.3) is 0 Å². The van der Waals surface area contributed by atoms with Crippen molar-refractivity contribution in [3.63, 3.8) is 0 Å². The second-order valence-electron chi connectivity index (χ2n) is 6.65. The first-order chi connectivity index (χ1) is 13.2. The molecule has 7 nitrogen and oxygen atoms in total. The van der Waals surface area contributed by atoms with Crippen LogP contribution < -0.4 is 10.1 Å². The molecule has 1 N–H and O–H groups in total. The minimum Gasteiger partial charge on any atom is -0.487 e. The van der Waals surface area contributed by atoms with E-state index in [1.54, 1.807) is 13.3 Å². The van der Waals surface area contributed by atoms with Crippen LogP contribution in [0, 0.1) is 6.92 Å². The highest BCUT2D eigenvalue weighted by atomic mass is 16.5. The molecule has 1 unspecified atom stereocenters. The first kappa shape index (κ1) is 17.5. The number of aromatic nitrogens is 4. The van der Waals surface area contributed by atoms with Crippen LogP contribution in [0.5, 0.6) is 5.75 Å². The number of hydrogen-bond donors (Lipinski definition) is 1. The van der Waals surface area contributed by atoms with Crippen LogP contribution in [0.25, 0.3) is 0 Å². The fourth-order valence-corrected chi connectivity index (χ4v) is 3.46. The van der Waals surface area contributed by atoms with Gasteiger partial charge in [0, 0.05) is 32.3 Å². The van der Waals surface area contributed by atoms with E-state index in [9.17, 15) is 0 Å². The van der Waals surface area contributed by atoms with Crippen molar-refractivity contribution in [2.24, 2.45) is 7.05 Å². The van der Waals surface area contributed by atoms with E-state index in [4.69, 9.17) is 14.5 Å². The van der Waals surface area contributed by atoms with Crippen LogP contribution in [0.3, 0.4) is 0 Å². The molecule has 0 amide bonds. The first-order valence-electron chi connectivity index (χ1n) is 8.96. The van der Waals surface area contributed by atoms with Crippen LogP contribution in [0.15, 0.2) is 36.5 Å². The lowest BCUT2D eigenvalue weighted by Crippen LogP contribution is -2.22. The molecule has 7 heteroatoms. The normalized spacial score (nSPS) is 13.9. The molecular formula is C20H23N5O2. The number of nitrogens with zero attached hydrogens (tertiary/aromatic N) is 4. The fraction of sp³-hybridized carbons (Fsp3) is 0.350. The molecule has 4 rings (SSSR count). The highest BCUT2D eigenvalue weighted by Crippen LogP contribution is 2.32. The van der Waals surface area contributed by atoms with E-state index in [1.165, 1.54) is 0 Å². The maximum atomic E-state index is 5.97. The van der Waals surface area contributed by atoms with E-state index in [0.717, 1.165) is 40.5 Å². The predicted octanol–water partition coefficient (Wildman–Crippen LogP) is 2.80. The molecule has 0 saturated heterocycles. The molecule has 1 aliphatic rings. The van der Waals surface area contributed by atoms with Gasteiger partial charge in [0.05, 0.1) is 24.0 Å². The number of para-hydroxylation sites is 1. The van der Waals surface area contributed by atoms with Crippen molar-refractivity contribution in [3.8, 4) is 5.75 Å². The molecule has 0 aliphatic carbocycles. The Labute approximate surface area is 158 Å². The largest absolute Gasteiger partial charge is 0.487 e. The monoisotopic (exact) mass is 365 g/mol. The summed E-state index contributed by atoms with van der Waals surface area (Å²) in [4.78, 5) is 9.33. The van der Waals surface area contributed by atoms with E-state index in [-0.39, 0.29) is 6.04 Å². The van der Waals surface area contributed by atoms with Gasteiger partial charge in [-0.1, -0.05) is 18.2 Å². The third-order valence-electron chi connectivity index (χ3n) is 4.77. The quantitative estimate of drug-likeness (QED) is 0.749. The molecule has 1 aromatic carbocycles. The summed E-state index contributed by atoms with van der Waals surface area (Å²) in [5, 5.41) is 7.84. The minimum absolute atomic E-state index is 0.0692. The topological polar surface area (TPSA) is 74.1 Å². The van der Waals surface area contributed by atoms with Crippen molar-refractivity contribution in [1.82, 2.24) is 19.7 Å². The van der Waals surface area contributed by atoms with Gasteiger partial charge < -0.3 is 14.8 Å². The second kappa shape index (κ2) is 7.36. The van der Waals surface area contributed by atoms with Gasteiger partial charge >= 0.3 is 0 Å². The zero-order chi connectivity index (χ0) is 18.8. The van der Waals surface area contributed by atoms with Gasteiger partial charge in [0.15, 0.2) is 0 Å². The van der Waals surface area contributed by atoms with E-state index in [2.05, 4.69) is 21.5 Å². The van der Waals surface area contributed by atoms with Crippen molar-refractivity contribution in [1.29, 1.82) is 0 Å². The number of hydrogen-bond acceptors (Lipinski definition) is 6. The Morgan fingerprint density at radius 1 is 1.26 bits per heavy atom. The van der Waals surface area contributed by atoms with Gasteiger partial charge in [0.2, 0.25) is 0 Å². The Kier molecular flexibility index (Phi) is 4.77. The lowest BCUT2D eigenvalue weighted by Gasteiger charge is -2.21. The summed E-state index contributed by atoms with van der Waals surface area (Å²) in [7, 11) is 3.62. The van der Waals surface area contributed by atoms with Crippen molar-refractivity contribution in [2.75, 3.05) is 19.0 Å². The van der Waals surface area contributed by atoms with E-state index < -0.39 is 0 Å². The summed E-state index contributed by atoms with van der Waals surface area (Å²) in [6.45, 7) is 2.84. The average Bonchev–Trinajstić information content (AvgIpc) is 2.99. The Balaban J connectivity index is 1.73. The van der Waals surface area contributed by atoms with E-state index in [0.29, 0.717) is 19.0 Å². The first-order valence-corrected chi connectivity index (χ1v) is 8.96. The SMILES string of the molecule is COCC(Nc1nc(C)nc2c1Cc1ccccc1OC2)c1ccnn1C. The summed E-state index contributed by atoms with van der Waals surface area (Å²) in [5.41, 5.74) is 4.15. The maximum absolute atomic E-state index is 5.97. The van der Waals surface area contributed by atoms with Crippen molar-refractivity contribution in [3.05, 3.63) is 64.9 Å². The molecule has 1 atom stereocenters. The van der Waals surface area contributed by atoms with Gasteiger partial charge in [-0.25, -0.2) is 9.97 Å². The molecule has 0 spiro atoms. The van der Waals surface area contributed by atoms with Crippen molar-refractivity contribution >= 4 is 5.82 Å². The van der Waals surface area contributed by atoms with Crippen LogP contribution in [0.4, 0.5) is 5.82 Å². The van der Waals surface area contributed by atoms with Crippen LogP contribution in [0.2, 0.25) is 0 Å². The predicted molar refractivity (Wildman–Crippen MR) is 102 cm³/mol. The van der Waals surface area contributed by atoms with Crippen LogP contribution >= 0.6 is 0 Å². The van der Waals surface area contributed by atoms with Crippen molar-refractivity contribution < 1.29 is 9.47 Å². The minimum atomic E-state index is -0.0692. The molecule has 27 heavy (non-hydrogen) atoms. The van der Waals surface area contributed by atoms with E-state index >= 15 is 0 Å². The zero-order valence-electron chi connectivity index (χ0n) is 15.8. The number of fused-ring (bicyclic) bond motifs is 2. The molecular weight excluding hydrogens is 342 g/mol. The molecule has 3 heterocycles. The van der Waals surface area contributed by atoms with Crippen LogP contribution in [0.1, 0.15) is 34.4 Å². The smallest absolute Gasteiger partial charge is 0.134 e. The molecule has 1 aliphatic heterocycles. The lowest BCUT2D eigenvalue weighted by molar-refractivity contribution is 0.184. The van der Waals surface area contributed by atoms with Gasteiger partial charge in [-0.3, -0.25) is 4.68 Å². The number of rotatable bonds is 5. The number of benzene rings is 1. The van der Waals surface area contributed by atoms with Gasteiger partial charge in [-0.2, -0.15) is 5.10 Å². The third-order valence-corrected chi connectivity index (χ3v) is 4.77. The van der Waals surface area contributed by atoms with Gasteiger partial charge in [-0.05, 0) is 24.6 Å². The summed E-state index contributed by atoms with van der Waals surface area (Å²) >= 11 is 0. The Hall–Kier alpha value is -2.93. The number of nitrogens with one attached hydrogen (secondary N) is 1. The second-order valence-corrected chi connectivity index (χ2v) is 6.65. The van der Waals surface area contributed by atoms with E-state index in [1.807, 2.05) is 42.9 Å². The molecule has 0 saturated carbocycles. The number of ether oxygens (including phenoxy) is 2. The van der Waals surface area contributed by atoms with Crippen LogP contribution in [-0.2, 0) is 24.8 Å². The molecule has 0 bridgehead atoms. The van der Waals surface area contributed by atoms with Gasteiger partial charge in [0.1, 0.15) is 24.0 Å². The lowest BCUT2D eigenvalue weighted by atomic mass is 10.0. The molecule has 2 aromatic heterocycles. The van der Waals surface area contributed by atoms with Crippen LogP contribution in [-0.4, -0.2) is 33.5 Å². The number of aryl methyl sites for hydroxylation is 2. The highest BCUT2D eigenvalue weighted by molar-refractivity contribution is 5.53. The number of methoxy groups -OCH3 is 1. The van der Waals surface area contributed by atoms with Crippen molar-refractivity contribution in [2.45, 2.75) is 26.0 Å². The molecule has 140 valence electrons. The summed E-state index contributed by atoms with van der Waals surface area (Å²) in [6, 6.07) is 10.0. The highest BCUT2D eigenvalue weighted by Gasteiger charge is 2.23. The number of anilines is 1. The Morgan fingerprint density at radius 2 is 2.11 bits per heavy atom. The molecule has 0 fully saturated rings.